The summed E-state index contributed by atoms with van der Waals surface area (Å²) in [5.41, 5.74) is 2.39. The Morgan fingerprint density at radius 3 is 2.35 bits per heavy atom. The normalized spacial score (nSPS) is 22.9. The molecular weight excluding hydrogens is 272 g/mol. The fourth-order valence-corrected chi connectivity index (χ4v) is 3.12. The minimum atomic E-state index is 0.391. The minimum Gasteiger partial charge on any atom is -0.496 e. The first kappa shape index (κ1) is 15.7. The van der Waals surface area contributed by atoms with E-state index in [0.717, 1.165) is 23.6 Å². The summed E-state index contributed by atoms with van der Waals surface area (Å²) in [5.74, 6) is 1.78. The van der Waals surface area contributed by atoms with E-state index in [0.29, 0.717) is 24.0 Å². The van der Waals surface area contributed by atoms with Crippen molar-refractivity contribution in [2.75, 3.05) is 7.11 Å². The Bertz CT molecular complexity index is 470. The van der Waals surface area contributed by atoms with Crippen LogP contribution in [0.25, 0.3) is 0 Å². The van der Waals surface area contributed by atoms with Crippen molar-refractivity contribution in [2.24, 2.45) is 0 Å². The Labute approximate surface area is 127 Å². The Hall–Kier alpha value is -0.730. The number of rotatable bonds is 6. The highest BCUT2D eigenvalue weighted by Gasteiger charge is 2.38. The summed E-state index contributed by atoms with van der Waals surface area (Å²) >= 11 is 6.29. The third-order valence-corrected chi connectivity index (χ3v) is 4.36. The molecule has 0 N–H and O–H groups in total. The van der Waals surface area contributed by atoms with Gasteiger partial charge in [-0.25, -0.2) is 0 Å². The van der Waals surface area contributed by atoms with Gasteiger partial charge in [0.1, 0.15) is 5.75 Å². The van der Waals surface area contributed by atoms with Gasteiger partial charge in [-0.3, -0.25) is 0 Å². The van der Waals surface area contributed by atoms with Crippen LogP contribution in [0.4, 0.5) is 0 Å². The third-order valence-electron chi connectivity index (χ3n) is 4.14. The molecule has 0 amide bonds. The molecule has 20 heavy (non-hydrogen) atoms. The SMILES string of the molecule is CCC1OC1CC(C)c1cc(Cl)cc(C(C)C)c1OC. The van der Waals surface area contributed by atoms with Crippen LogP contribution in [0.5, 0.6) is 5.75 Å². The van der Waals surface area contributed by atoms with Gasteiger partial charge in [0.15, 0.2) is 0 Å². The van der Waals surface area contributed by atoms with Crippen molar-refractivity contribution < 1.29 is 9.47 Å². The predicted octanol–water partition coefficient (Wildman–Crippen LogP) is 5.14. The first-order valence-electron chi connectivity index (χ1n) is 7.50. The van der Waals surface area contributed by atoms with E-state index in [4.69, 9.17) is 21.1 Å². The van der Waals surface area contributed by atoms with Gasteiger partial charge in [0.2, 0.25) is 0 Å². The highest BCUT2D eigenvalue weighted by molar-refractivity contribution is 6.30. The molecule has 3 atom stereocenters. The zero-order chi connectivity index (χ0) is 14.9. The lowest BCUT2D eigenvalue weighted by atomic mass is 9.90. The van der Waals surface area contributed by atoms with Crippen molar-refractivity contribution >= 4 is 11.6 Å². The van der Waals surface area contributed by atoms with E-state index >= 15 is 0 Å². The molecule has 0 saturated carbocycles. The fraction of sp³-hybridized carbons (Fsp3) is 0.647. The van der Waals surface area contributed by atoms with E-state index in [9.17, 15) is 0 Å². The summed E-state index contributed by atoms with van der Waals surface area (Å²) in [4.78, 5) is 0. The van der Waals surface area contributed by atoms with Crippen LogP contribution >= 0.6 is 11.6 Å². The van der Waals surface area contributed by atoms with E-state index in [-0.39, 0.29) is 0 Å². The molecule has 2 nitrogen and oxygen atoms in total. The number of halogens is 1. The molecule has 1 aromatic rings. The van der Waals surface area contributed by atoms with Crippen LogP contribution in [0.15, 0.2) is 12.1 Å². The van der Waals surface area contributed by atoms with Gasteiger partial charge in [0.05, 0.1) is 19.3 Å². The Morgan fingerprint density at radius 1 is 1.20 bits per heavy atom. The van der Waals surface area contributed by atoms with Crippen molar-refractivity contribution in [2.45, 2.75) is 64.6 Å². The van der Waals surface area contributed by atoms with Gasteiger partial charge in [-0.15, -0.1) is 0 Å². The smallest absolute Gasteiger partial charge is 0.125 e. The van der Waals surface area contributed by atoms with Crippen LogP contribution in [-0.2, 0) is 4.74 Å². The monoisotopic (exact) mass is 296 g/mol. The Morgan fingerprint density at radius 2 is 1.85 bits per heavy atom. The summed E-state index contributed by atoms with van der Waals surface area (Å²) in [6.07, 6.45) is 2.99. The summed E-state index contributed by atoms with van der Waals surface area (Å²) in [6, 6.07) is 4.06. The fourth-order valence-electron chi connectivity index (χ4n) is 2.89. The van der Waals surface area contributed by atoms with E-state index in [2.05, 4.69) is 27.7 Å². The van der Waals surface area contributed by atoms with Crippen LogP contribution in [-0.4, -0.2) is 19.3 Å². The van der Waals surface area contributed by atoms with Gasteiger partial charge in [0, 0.05) is 5.02 Å². The van der Waals surface area contributed by atoms with E-state index < -0.39 is 0 Å². The Balaban J connectivity index is 2.25. The van der Waals surface area contributed by atoms with Crippen LogP contribution in [0.3, 0.4) is 0 Å². The quantitative estimate of drug-likeness (QED) is 0.678. The largest absolute Gasteiger partial charge is 0.496 e. The second-order valence-electron chi connectivity index (χ2n) is 6.03. The van der Waals surface area contributed by atoms with E-state index in [1.807, 2.05) is 12.1 Å². The molecule has 1 aliphatic heterocycles. The van der Waals surface area contributed by atoms with Gasteiger partial charge < -0.3 is 9.47 Å². The molecule has 3 heteroatoms. The molecule has 0 bridgehead atoms. The predicted molar refractivity (Wildman–Crippen MR) is 84.1 cm³/mol. The number of ether oxygens (including phenoxy) is 2. The van der Waals surface area contributed by atoms with Crippen molar-refractivity contribution in [3.8, 4) is 5.75 Å². The van der Waals surface area contributed by atoms with Gasteiger partial charge in [0.25, 0.3) is 0 Å². The summed E-state index contributed by atoms with van der Waals surface area (Å²) in [7, 11) is 1.74. The number of hydrogen-bond acceptors (Lipinski definition) is 2. The summed E-state index contributed by atoms with van der Waals surface area (Å²) in [5, 5.41) is 0.792. The summed E-state index contributed by atoms with van der Waals surface area (Å²) < 4.78 is 11.3. The molecule has 0 aliphatic carbocycles. The molecule has 1 saturated heterocycles. The molecule has 0 aromatic heterocycles. The van der Waals surface area contributed by atoms with Crippen LogP contribution in [0, 0.1) is 0 Å². The lowest BCUT2D eigenvalue weighted by Gasteiger charge is -2.20. The van der Waals surface area contributed by atoms with Crippen molar-refractivity contribution in [1.29, 1.82) is 0 Å². The second kappa shape index (κ2) is 6.36. The average molecular weight is 297 g/mol. The molecular formula is C17H25ClO2. The first-order chi connectivity index (χ1) is 9.47. The van der Waals surface area contributed by atoms with Crippen molar-refractivity contribution in [3.63, 3.8) is 0 Å². The molecule has 3 unspecified atom stereocenters. The standard InChI is InChI=1S/C17H25ClO2/c1-6-15-16(20-15)7-11(4)14-9-12(18)8-13(10(2)3)17(14)19-5/h8-11,15-16H,6-7H2,1-5H3. The third kappa shape index (κ3) is 3.29. The molecule has 0 radical (unpaired) electrons. The van der Waals surface area contributed by atoms with Crippen molar-refractivity contribution in [3.05, 3.63) is 28.3 Å². The number of epoxide rings is 1. The average Bonchev–Trinajstić information content (AvgIpc) is 3.15. The maximum Gasteiger partial charge on any atom is 0.125 e. The van der Waals surface area contributed by atoms with E-state index in [1.165, 1.54) is 11.1 Å². The highest BCUT2D eigenvalue weighted by Crippen LogP contribution is 2.41. The zero-order valence-electron chi connectivity index (χ0n) is 13.1. The van der Waals surface area contributed by atoms with Crippen LogP contribution < -0.4 is 4.74 Å². The van der Waals surface area contributed by atoms with Gasteiger partial charge in [-0.2, -0.15) is 0 Å². The van der Waals surface area contributed by atoms with Crippen LogP contribution in [0.1, 0.15) is 63.5 Å². The Kier molecular flexibility index (Phi) is 4.98. The lowest BCUT2D eigenvalue weighted by molar-refractivity contribution is 0.349. The van der Waals surface area contributed by atoms with Crippen LogP contribution in [0.2, 0.25) is 5.02 Å². The first-order valence-corrected chi connectivity index (χ1v) is 7.88. The van der Waals surface area contributed by atoms with Crippen molar-refractivity contribution in [1.82, 2.24) is 0 Å². The number of hydrogen-bond donors (Lipinski definition) is 0. The molecule has 2 rings (SSSR count). The lowest BCUT2D eigenvalue weighted by Crippen LogP contribution is -2.06. The maximum absolute atomic E-state index is 6.29. The second-order valence-corrected chi connectivity index (χ2v) is 6.47. The molecule has 1 aromatic carbocycles. The topological polar surface area (TPSA) is 21.8 Å². The van der Waals surface area contributed by atoms with Gasteiger partial charge in [-0.05, 0) is 47.9 Å². The number of methoxy groups -OCH3 is 1. The van der Waals surface area contributed by atoms with Gasteiger partial charge >= 0.3 is 0 Å². The minimum absolute atomic E-state index is 0.391. The van der Waals surface area contributed by atoms with Gasteiger partial charge in [-0.1, -0.05) is 39.3 Å². The maximum atomic E-state index is 6.29. The highest BCUT2D eigenvalue weighted by atomic mass is 35.5. The number of benzene rings is 1. The molecule has 0 spiro atoms. The zero-order valence-corrected chi connectivity index (χ0v) is 13.8. The molecule has 1 aliphatic rings. The summed E-state index contributed by atoms with van der Waals surface area (Å²) in [6.45, 7) is 8.73. The molecule has 112 valence electrons. The van der Waals surface area contributed by atoms with E-state index in [1.54, 1.807) is 7.11 Å². The molecule has 1 fully saturated rings. The molecule has 1 heterocycles.